The standard InChI is InChI=1S/C38H30/c1-2-3-9-27-23-36-30(31-21-20-25-19-18-24-11-6-15-32(31)37(24)25)14-8-17-34(36)38(27)33-16-7-13-29-28-12-5-4-10-26(28)22-35(29)33/h4-8,10-21,23,38H,2-3,9,22H2,1H3. The van der Waals surface area contributed by atoms with Gasteiger partial charge in [-0.2, -0.15) is 0 Å². The first kappa shape index (κ1) is 21.9. The lowest BCUT2D eigenvalue weighted by Gasteiger charge is -2.22. The van der Waals surface area contributed by atoms with Gasteiger partial charge < -0.3 is 0 Å². The van der Waals surface area contributed by atoms with Crippen LogP contribution in [0, 0.1) is 0 Å². The highest BCUT2D eigenvalue weighted by molar-refractivity contribution is 6.11. The van der Waals surface area contributed by atoms with E-state index in [1.807, 2.05) is 0 Å². The lowest BCUT2D eigenvalue weighted by molar-refractivity contribution is 0.753. The van der Waals surface area contributed by atoms with E-state index >= 15 is 0 Å². The van der Waals surface area contributed by atoms with E-state index in [1.54, 1.807) is 5.57 Å². The van der Waals surface area contributed by atoms with Crippen molar-refractivity contribution in [3.05, 3.63) is 136 Å². The highest BCUT2D eigenvalue weighted by Crippen LogP contribution is 2.51. The van der Waals surface area contributed by atoms with Crippen molar-refractivity contribution in [3.8, 4) is 22.3 Å². The minimum Gasteiger partial charge on any atom is -0.0654 e. The van der Waals surface area contributed by atoms with Gasteiger partial charge in [0.1, 0.15) is 0 Å². The first-order valence-corrected chi connectivity index (χ1v) is 14.1. The molecule has 0 nitrogen and oxygen atoms in total. The molecule has 1 atom stereocenters. The zero-order chi connectivity index (χ0) is 25.2. The molecule has 1 unspecified atom stereocenters. The second kappa shape index (κ2) is 8.43. The molecule has 0 saturated heterocycles. The maximum atomic E-state index is 2.55. The van der Waals surface area contributed by atoms with E-state index in [1.165, 1.54) is 84.8 Å². The molecule has 0 radical (unpaired) electrons. The summed E-state index contributed by atoms with van der Waals surface area (Å²) in [6.07, 6.45) is 11.7. The molecular weight excluding hydrogens is 456 g/mol. The van der Waals surface area contributed by atoms with Crippen molar-refractivity contribution in [3.63, 3.8) is 0 Å². The van der Waals surface area contributed by atoms with E-state index in [0.717, 1.165) is 12.8 Å². The van der Waals surface area contributed by atoms with Gasteiger partial charge in [-0.05, 0) is 91.2 Å². The van der Waals surface area contributed by atoms with Crippen LogP contribution < -0.4 is 0 Å². The highest BCUT2D eigenvalue weighted by Gasteiger charge is 2.32. The largest absolute Gasteiger partial charge is 0.0654 e. The first-order valence-electron chi connectivity index (χ1n) is 14.1. The van der Waals surface area contributed by atoms with Crippen molar-refractivity contribution < 1.29 is 0 Å². The summed E-state index contributed by atoms with van der Waals surface area (Å²) < 4.78 is 0. The number of allylic oxidation sites excluding steroid dienone is 1. The van der Waals surface area contributed by atoms with Crippen LogP contribution in [0.4, 0.5) is 0 Å². The molecule has 182 valence electrons. The summed E-state index contributed by atoms with van der Waals surface area (Å²) in [5.41, 5.74) is 17.2. The fourth-order valence-electron chi connectivity index (χ4n) is 7.27. The average Bonchev–Trinajstić information content (AvgIpc) is 3.66. The Labute approximate surface area is 225 Å². The summed E-state index contributed by atoms with van der Waals surface area (Å²) in [6.45, 7) is 2.31. The quantitative estimate of drug-likeness (QED) is 0.227. The lowest BCUT2D eigenvalue weighted by Crippen LogP contribution is -2.05. The Morgan fingerprint density at radius 3 is 2.32 bits per heavy atom. The van der Waals surface area contributed by atoms with Crippen molar-refractivity contribution >= 4 is 29.0 Å². The molecule has 0 N–H and O–H groups in total. The van der Waals surface area contributed by atoms with E-state index in [4.69, 9.17) is 0 Å². The number of hydrogen-bond acceptors (Lipinski definition) is 0. The summed E-state index contributed by atoms with van der Waals surface area (Å²) in [7, 11) is 0. The van der Waals surface area contributed by atoms with Gasteiger partial charge in [0.05, 0.1) is 0 Å². The smallest absolute Gasteiger partial charge is 0.0311 e. The summed E-state index contributed by atoms with van der Waals surface area (Å²) >= 11 is 0. The Kier molecular flexibility index (Phi) is 4.85. The van der Waals surface area contributed by atoms with E-state index in [9.17, 15) is 0 Å². The van der Waals surface area contributed by atoms with Gasteiger partial charge in [-0.25, -0.2) is 0 Å². The third-order valence-corrected chi connectivity index (χ3v) is 9.01. The Morgan fingerprint density at radius 2 is 1.42 bits per heavy atom. The van der Waals surface area contributed by atoms with Gasteiger partial charge in [-0.15, -0.1) is 0 Å². The SMILES string of the molecule is CCCCC1=Cc2c(-c3ccc4c5c(cccc35)C=C4)cccc2C1c1cccc2c1Cc1ccccc1-2. The van der Waals surface area contributed by atoms with Crippen molar-refractivity contribution in [1.82, 2.24) is 0 Å². The van der Waals surface area contributed by atoms with Crippen LogP contribution in [-0.4, -0.2) is 0 Å². The number of hydrogen-bond donors (Lipinski definition) is 0. The maximum absolute atomic E-state index is 2.55. The average molecular weight is 487 g/mol. The summed E-state index contributed by atoms with van der Waals surface area (Å²) in [5, 5.41) is 2.76. The van der Waals surface area contributed by atoms with Gasteiger partial charge in [0, 0.05) is 5.92 Å². The predicted octanol–water partition coefficient (Wildman–Crippen LogP) is 10.3. The van der Waals surface area contributed by atoms with Gasteiger partial charge in [0.2, 0.25) is 0 Å². The number of fused-ring (bicyclic) bond motifs is 4. The zero-order valence-corrected chi connectivity index (χ0v) is 21.8. The zero-order valence-electron chi connectivity index (χ0n) is 21.8. The van der Waals surface area contributed by atoms with Crippen molar-refractivity contribution in [2.45, 2.75) is 38.5 Å². The second-order valence-corrected chi connectivity index (χ2v) is 11.1. The Balaban J connectivity index is 1.33. The van der Waals surface area contributed by atoms with Crippen molar-refractivity contribution in [2.24, 2.45) is 0 Å². The lowest BCUT2D eigenvalue weighted by atomic mass is 9.82. The third-order valence-electron chi connectivity index (χ3n) is 9.01. The number of unbranched alkanes of at least 4 members (excludes halogenated alkanes) is 1. The molecule has 38 heavy (non-hydrogen) atoms. The molecular formula is C38H30. The number of benzene rings is 5. The number of rotatable bonds is 5. The van der Waals surface area contributed by atoms with Crippen molar-refractivity contribution in [1.29, 1.82) is 0 Å². The van der Waals surface area contributed by atoms with Gasteiger partial charge in [0.25, 0.3) is 0 Å². The van der Waals surface area contributed by atoms with Crippen LogP contribution >= 0.6 is 0 Å². The monoisotopic (exact) mass is 486 g/mol. The molecule has 0 heterocycles. The highest BCUT2D eigenvalue weighted by atomic mass is 14.4. The van der Waals surface area contributed by atoms with E-state index in [-0.39, 0.29) is 0 Å². The minimum absolute atomic E-state index is 0.333. The molecule has 8 rings (SSSR count). The predicted molar refractivity (Wildman–Crippen MR) is 162 cm³/mol. The van der Waals surface area contributed by atoms with Crippen LogP contribution in [-0.2, 0) is 6.42 Å². The first-order chi connectivity index (χ1) is 18.8. The maximum Gasteiger partial charge on any atom is 0.0311 e. The molecule has 0 amide bonds. The Hall–Kier alpha value is -4.16. The fraction of sp³-hybridized carbons (Fsp3) is 0.158. The summed E-state index contributed by atoms with van der Waals surface area (Å²) in [4.78, 5) is 0. The topological polar surface area (TPSA) is 0 Å². The molecule has 5 aromatic rings. The molecule has 0 aliphatic heterocycles. The van der Waals surface area contributed by atoms with E-state index in [2.05, 4.69) is 116 Å². The van der Waals surface area contributed by atoms with Crippen molar-refractivity contribution in [2.75, 3.05) is 0 Å². The normalized spacial score (nSPS) is 16.0. The van der Waals surface area contributed by atoms with Gasteiger partial charge in [0.15, 0.2) is 0 Å². The molecule has 3 aliphatic rings. The Bertz CT molecular complexity index is 1820. The van der Waals surface area contributed by atoms with Crippen LogP contribution in [0.2, 0.25) is 0 Å². The minimum atomic E-state index is 0.333. The molecule has 0 fully saturated rings. The summed E-state index contributed by atoms with van der Waals surface area (Å²) in [5.74, 6) is 0.333. The molecule has 0 bridgehead atoms. The molecule has 0 saturated carbocycles. The molecule has 0 aromatic heterocycles. The third kappa shape index (κ3) is 3.10. The van der Waals surface area contributed by atoms with Crippen LogP contribution in [0.1, 0.15) is 71.0 Å². The molecule has 3 aliphatic carbocycles. The molecule has 5 aromatic carbocycles. The van der Waals surface area contributed by atoms with E-state index < -0.39 is 0 Å². The van der Waals surface area contributed by atoms with Crippen LogP contribution in [0.25, 0.3) is 51.3 Å². The Morgan fingerprint density at radius 1 is 0.658 bits per heavy atom. The van der Waals surface area contributed by atoms with Gasteiger partial charge >= 0.3 is 0 Å². The summed E-state index contributed by atoms with van der Waals surface area (Å²) in [6, 6.07) is 34.4. The van der Waals surface area contributed by atoms with E-state index in [0.29, 0.717) is 5.92 Å². The molecule has 0 heteroatoms. The fourth-order valence-corrected chi connectivity index (χ4v) is 7.27. The molecule has 0 spiro atoms. The van der Waals surface area contributed by atoms with Gasteiger partial charge in [-0.3, -0.25) is 0 Å². The van der Waals surface area contributed by atoms with Crippen LogP contribution in [0.3, 0.4) is 0 Å². The van der Waals surface area contributed by atoms with Gasteiger partial charge in [-0.1, -0.05) is 128 Å². The van der Waals surface area contributed by atoms with Crippen LogP contribution in [0.5, 0.6) is 0 Å². The second-order valence-electron chi connectivity index (χ2n) is 11.1. The van der Waals surface area contributed by atoms with Crippen LogP contribution in [0.15, 0.2) is 96.6 Å².